The molecule has 1 saturated heterocycles. The van der Waals surface area contributed by atoms with E-state index in [0.29, 0.717) is 5.76 Å². The third kappa shape index (κ3) is 5.02. The lowest BCUT2D eigenvalue weighted by Gasteiger charge is -2.28. The van der Waals surface area contributed by atoms with Crippen molar-refractivity contribution in [3.05, 3.63) is 64.8 Å². The van der Waals surface area contributed by atoms with Gasteiger partial charge in [-0.05, 0) is 56.3 Å². The SMILES string of the molecule is C[C@@H](NS(=O)(=O)C1=CC=C(Oc2ccc(C(F)(F)F)cc2)CC=C1)[C@@]1(C)NC(=O)NC1=O. The van der Waals surface area contributed by atoms with E-state index >= 15 is 0 Å². The minimum absolute atomic E-state index is 0.122. The number of hydrogen-bond donors (Lipinski definition) is 3. The third-order valence-electron chi connectivity index (χ3n) is 5.05. The number of amides is 3. The van der Waals surface area contributed by atoms with Crippen molar-refractivity contribution in [1.82, 2.24) is 15.4 Å². The molecule has 2 aliphatic rings. The summed E-state index contributed by atoms with van der Waals surface area (Å²) in [5.41, 5.74) is -2.28. The Kier molecular flexibility index (Phi) is 6.20. The highest BCUT2D eigenvalue weighted by atomic mass is 32.2. The third-order valence-corrected chi connectivity index (χ3v) is 6.60. The summed E-state index contributed by atoms with van der Waals surface area (Å²) in [6, 6.07) is 2.43. The first-order chi connectivity index (χ1) is 14.8. The van der Waals surface area contributed by atoms with Crippen molar-refractivity contribution in [2.45, 2.75) is 38.0 Å². The van der Waals surface area contributed by atoms with Crippen LogP contribution >= 0.6 is 0 Å². The zero-order chi connectivity index (χ0) is 23.7. The van der Waals surface area contributed by atoms with E-state index in [2.05, 4.69) is 15.4 Å². The van der Waals surface area contributed by atoms with Crippen LogP contribution in [0.2, 0.25) is 0 Å². The second-order valence-electron chi connectivity index (χ2n) is 7.39. The van der Waals surface area contributed by atoms with Gasteiger partial charge in [0.25, 0.3) is 5.91 Å². The smallest absolute Gasteiger partial charge is 0.416 e. The summed E-state index contributed by atoms with van der Waals surface area (Å²) in [5, 5.41) is 4.46. The van der Waals surface area contributed by atoms with Crippen molar-refractivity contribution in [1.29, 1.82) is 0 Å². The highest BCUT2D eigenvalue weighted by Crippen LogP contribution is 2.31. The van der Waals surface area contributed by atoms with Gasteiger partial charge in [0.15, 0.2) is 0 Å². The fraction of sp³-hybridized carbons (Fsp3) is 0.300. The van der Waals surface area contributed by atoms with Crippen LogP contribution in [0.4, 0.5) is 18.0 Å². The number of carbonyl (C=O) groups is 2. The van der Waals surface area contributed by atoms with Crippen LogP contribution < -0.4 is 20.1 Å². The number of imide groups is 1. The molecule has 172 valence electrons. The number of alkyl halides is 3. The molecule has 1 heterocycles. The Morgan fingerprint density at radius 2 is 1.81 bits per heavy atom. The maximum absolute atomic E-state index is 12.8. The quantitative estimate of drug-likeness (QED) is 0.552. The number of halogens is 3. The first kappa shape index (κ1) is 23.5. The number of nitrogens with one attached hydrogen (secondary N) is 3. The lowest BCUT2D eigenvalue weighted by molar-refractivity contribution is -0.137. The van der Waals surface area contributed by atoms with Gasteiger partial charge in [0.05, 0.1) is 16.5 Å². The van der Waals surface area contributed by atoms with Gasteiger partial charge >= 0.3 is 12.2 Å². The molecule has 0 spiro atoms. The topological polar surface area (TPSA) is 114 Å². The standard InChI is InChI=1S/C20H20F3N3O5S/c1-12(19(2)17(27)24-18(28)25-19)26-32(29,30)16-5-3-4-14(10-11-16)31-15-8-6-13(7-9-15)20(21,22)23/h3,5-12,26H,4H2,1-2H3,(H2,24,25,27,28)/t12-,19-/m1/s1. The minimum atomic E-state index is -4.46. The molecule has 1 aromatic carbocycles. The zero-order valence-electron chi connectivity index (χ0n) is 17.0. The van der Waals surface area contributed by atoms with E-state index in [-0.39, 0.29) is 17.1 Å². The normalized spacial score (nSPS) is 22.4. The Balaban J connectivity index is 1.73. The number of sulfonamides is 1. The van der Waals surface area contributed by atoms with Gasteiger partial charge in [-0.25, -0.2) is 17.9 Å². The van der Waals surface area contributed by atoms with Gasteiger partial charge in [0, 0.05) is 6.42 Å². The Bertz CT molecular complexity index is 1120. The Labute approximate surface area is 182 Å². The molecule has 0 radical (unpaired) electrons. The summed E-state index contributed by atoms with van der Waals surface area (Å²) >= 11 is 0. The van der Waals surface area contributed by atoms with Crippen LogP contribution in [0.3, 0.4) is 0 Å². The van der Waals surface area contributed by atoms with Crippen LogP contribution in [0.1, 0.15) is 25.8 Å². The highest BCUT2D eigenvalue weighted by molar-refractivity contribution is 7.93. The summed E-state index contributed by atoms with van der Waals surface area (Å²) < 4.78 is 71.5. The van der Waals surface area contributed by atoms with E-state index in [9.17, 15) is 31.2 Å². The molecule has 1 aliphatic heterocycles. The molecule has 1 fully saturated rings. The maximum atomic E-state index is 12.8. The van der Waals surface area contributed by atoms with Crippen molar-refractivity contribution in [2.75, 3.05) is 0 Å². The number of rotatable bonds is 6. The van der Waals surface area contributed by atoms with Crippen LogP contribution in [-0.2, 0) is 21.0 Å². The Morgan fingerprint density at radius 1 is 1.16 bits per heavy atom. The number of urea groups is 1. The number of hydrogen-bond acceptors (Lipinski definition) is 5. The van der Waals surface area contributed by atoms with E-state index in [1.54, 1.807) is 0 Å². The van der Waals surface area contributed by atoms with Crippen molar-refractivity contribution >= 4 is 22.0 Å². The number of benzene rings is 1. The van der Waals surface area contributed by atoms with E-state index in [4.69, 9.17) is 4.74 Å². The maximum Gasteiger partial charge on any atom is 0.416 e. The molecule has 2 atom stereocenters. The van der Waals surface area contributed by atoms with Crippen molar-refractivity contribution in [3.8, 4) is 5.75 Å². The fourth-order valence-corrected chi connectivity index (χ4v) is 4.35. The predicted octanol–water partition coefficient (Wildman–Crippen LogP) is 2.72. The lowest BCUT2D eigenvalue weighted by atomic mass is 9.95. The van der Waals surface area contributed by atoms with E-state index in [1.165, 1.54) is 50.3 Å². The molecule has 1 aliphatic carbocycles. The summed E-state index contributed by atoms with van der Waals surface area (Å²) in [5.74, 6) is -0.177. The molecule has 0 saturated carbocycles. The van der Waals surface area contributed by atoms with Crippen LogP contribution in [-0.4, -0.2) is 31.9 Å². The summed E-state index contributed by atoms with van der Waals surface area (Å²) in [7, 11) is -4.07. The zero-order valence-corrected chi connectivity index (χ0v) is 17.8. The average Bonchev–Trinajstić information content (AvgIpc) is 2.84. The molecule has 12 heteroatoms. The predicted molar refractivity (Wildman–Crippen MR) is 109 cm³/mol. The Hall–Kier alpha value is -3.12. The van der Waals surface area contributed by atoms with Gasteiger partial charge in [-0.3, -0.25) is 10.1 Å². The number of ether oxygens (including phenoxy) is 1. The van der Waals surface area contributed by atoms with Crippen molar-refractivity contribution < 1.29 is 35.9 Å². The van der Waals surface area contributed by atoms with Crippen molar-refractivity contribution in [2.24, 2.45) is 0 Å². The van der Waals surface area contributed by atoms with E-state index in [1.807, 2.05) is 0 Å². The summed E-state index contributed by atoms with van der Waals surface area (Å²) in [6.45, 7) is 2.84. The molecule has 3 amide bonds. The fourth-order valence-electron chi connectivity index (χ4n) is 2.99. The molecule has 0 aromatic heterocycles. The van der Waals surface area contributed by atoms with Gasteiger partial charge in [0.2, 0.25) is 10.0 Å². The van der Waals surface area contributed by atoms with Gasteiger partial charge < -0.3 is 10.1 Å². The van der Waals surface area contributed by atoms with Gasteiger partial charge in [-0.15, -0.1) is 0 Å². The average molecular weight is 471 g/mol. The van der Waals surface area contributed by atoms with Crippen LogP contribution in [0, 0.1) is 0 Å². The number of allylic oxidation sites excluding steroid dienone is 4. The second kappa shape index (κ2) is 8.43. The molecule has 0 bridgehead atoms. The molecular formula is C20H20F3N3O5S. The molecule has 8 nitrogen and oxygen atoms in total. The van der Waals surface area contributed by atoms with Crippen LogP contribution in [0.25, 0.3) is 0 Å². The summed E-state index contributed by atoms with van der Waals surface area (Å²) in [6.07, 6.45) is 1.26. The van der Waals surface area contributed by atoms with Crippen LogP contribution in [0.15, 0.2) is 59.2 Å². The largest absolute Gasteiger partial charge is 0.461 e. The molecular weight excluding hydrogens is 451 g/mol. The second-order valence-corrected chi connectivity index (χ2v) is 9.10. The molecule has 3 N–H and O–H groups in total. The van der Waals surface area contributed by atoms with Gasteiger partial charge in [-0.2, -0.15) is 13.2 Å². The van der Waals surface area contributed by atoms with E-state index in [0.717, 1.165) is 12.1 Å². The van der Waals surface area contributed by atoms with E-state index < -0.39 is 45.3 Å². The van der Waals surface area contributed by atoms with Gasteiger partial charge in [0.1, 0.15) is 17.0 Å². The number of carbonyl (C=O) groups excluding carboxylic acids is 2. The molecule has 3 rings (SSSR count). The molecule has 1 aromatic rings. The van der Waals surface area contributed by atoms with Crippen molar-refractivity contribution in [3.63, 3.8) is 0 Å². The van der Waals surface area contributed by atoms with Gasteiger partial charge in [-0.1, -0.05) is 6.08 Å². The lowest BCUT2D eigenvalue weighted by Crippen LogP contribution is -2.59. The molecule has 0 unspecified atom stereocenters. The van der Waals surface area contributed by atoms with Crippen LogP contribution in [0.5, 0.6) is 5.75 Å². The minimum Gasteiger partial charge on any atom is -0.461 e. The highest BCUT2D eigenvalue weighted by Gasteiger charge is 2.47. The Morgan fingerprint density at radius 3 is 2.38 bits per heavy atom. The molecule has 32 heavy (non-hydrogen) atoms. The summed E-state index contributed by atoms with van der Waals surface area (Å²) in [4.78, 5) is 23.3. The first-order valence-electron chi connectivity index (χ1n) is 9.40. The monoisotopic (exact) mass is 471 g/mol. The first-order valence-corrected chi connectivity index (χ1v) is 10.9.